The molecule has 0 unspecified atom stereocenters. The lowest BCUT2D eigenvalue weighted by Gasteiger charge is -2.13. The van der Waals surface area contributed by atoms with E-state index in [2.05, 4.69) is 15.3 Å². The molecule has 2 rings (SSSR count). The molecule has 0 aliphatic carbocycles. The van der Waals surface area contributed by atoms with Gasteiger partial charge in [0.2, 0.25) is 5.95 Å². The minimum atomic E-state index is -4.99. The van der Waals surface area contributed by atoms with Gasteiger partial charge in [0.15, 0.2) is 5.69 Å². The lowest BCUT2D eigenvalue weighted by molar-refractivity contribution is -0.256. The molecule has 110 valence electrons. The van der Waals surface area contributed by atoms with Gasteiger partial charge in [-0.3, -0.25) is 0 Å². The predicted octanol–water partition coefficient (Wildman–Crippen LogP) is 1.74. The van der Waals surface area contributed by atoms with E-state index >= 15 is 0 Å². The van der Waals surface area contributed by atoms with E-state index in [0.29, 0.717) is 6.20 Å². The highest BCUT2D eigenvalue weighted by atomic mass is 19.4. The summed E-state index contributed by atoms with van der Waals surface area (Å²) in [5, 5.41) is 13.0. The van der Waals surface area contributed by atoms with Gasteiger partial charge in [0, 0.05) is 17.4 Å². The predicted molar refractivity (Wildman–Crippen MR) is 61.0 cm³/mol. The van der Waals surface area contributed by atoms with Gasteiger partial charge in [-0.15, -0.1) is 0 Å². The average molecular weight is 300 g/mol. The Hall–Kier alpha value is -2.71. The van der Waals surface area contributed by atoms with Crippen molar-refractivity contribution in [2.75, 3.05) is 5.32 Å². The molecule has 0 saturated carbocycles. The van der Waals surface area contributed by atoms with E-state index in [-0.39, 0.29) is 5.69 Å². The number of hydrogen-bond acceptors (Lipinski definition) is 5. The van der Waals surface area contributed by atoms with Crippen LogP contribution in [0.1, 0.15) is 16.1 Å². The first-order valence-corrected chi connectivity index (χ1v) is 5.45. The van der Waals surface area contributed by atoms with E-state index in [0.717, 1.165) is 12.1 Å². The number of aromatic nitrogens is 2. The van der Waals surface area contributed by atoms with Crippen molar-refractivity contribution in [1.82, 2.24) is 9.97 Å². The summed E-state index contributed by atoms with van der Waals surface area (Å²) in [6.45, 7) is 0. The zero-order chi connectivity index (χ0) is 15.6. The van der Waals surface area contributed by atoms with Crippen molar-refractivity contribution in [2.45, 2.75) is 6.18 Å². The fraction of sp³-hybridized carbons (Fsp3) is 0.0833. The number of nitrogens with zero attached hydrogens (tertiary/aromatic N) is 2. The molecule has 0 bridgehead atoms. The van der Waals surface area contributed by atoms with Gasteiger partial charge < -0.3 is 15.2 Å². The topological polar surface area (TPSA) is 77.9 Å². The number of hydrogen-bond donors (Lipinski definition) is 1. The number of carboxylic acids is 1. The molecule has 5 nitrogen and oxygen atoms in total. The zero-order valence-corrected chi connectivity index (χ0v) is 10.1. The molecule has 1 aromatic heterocycles. The van der Waals surface area contributed by atoms with Gasteiger partial charge in [0.05, 0.1) is 5.97 Å². The lowest BCUT2D eigenvalue weighted by Crippen LogP contribution is -2.27. The fourth-order valence-electron chi connectivity index (χ4n) is 1.50. The molecular weight excluding hydrogens is 294 g/mol. The first kappa shape index (κ1) is 14.7. The van der Waals surface area contributed by atoms with Crippen LogP contribution in [-0.4, -0.2) is 15.9 Å². The molecule has 0 radical (unpaired) electrons. The number of rotatable bonds is 3. The van der Waals surface area contributed by atoms with E-state index in [4.69, 9.17) is 0 Å². The molecule has 1 aromatic carbocycles. The molecule has 0 spiro atoms. The van der Waals surface area contributed by atoms with Crippen LogP contribution in [0.2, 0.25) is 0 Å². The summed E-state index contributed by atoms with van der Waals surface area (Å²) in [5.74, 6) is -3.17. The Morgan fingerprint density at radius 3 is 2.57 bits per heavy atom. The normalized spacial score (nSPS) is 11.2. The number of carbonyl (C=O) groups is 1. The first-order valence-electron chi connectivity index (χ1n) is 5.45. The van der Waals surface area contributed by atoms with Crippen LogP contribution in [0.25, 0.3) is 0 Å². The highest BCUT2D eigenvalue weighted by Crippen LogP contribution is 2.30. The van der Waals surface area contributed by atoms with Gasteiger partial charge in [-0.1, -0.05) is 6.07 Å². The minimum absolute atomic E-state index is 0.115. The van der Waals surface area contributed by atoms with E-state index < -0.39 is 35.2 Å². The van der Waals surface area contributed by atoms with Crippen LogP contribution in [0.5, 0.6) is 0 Å². The molecule has 9 heteroatoms. The van der Waals surface area contributed by atoms with Crippen LogP contribution in [0.4, 0.5) is 29.2 Å². The monoisotopic (exact) mass is 300 g/mol. The Morgan fingerprint density at radius 2 is 2.00 bits per heavy atom. The Bertz CT molecular complexity index is 688. The molecule has 0 aliphatic heterocycles. The molecule has 0 atom stereocenters. The van der Waals surface area contributed by atoms with Crippen LogP contribution in [0, 0.1) is 5.82 Å². The summed E-state index contributed by atoms with van der Waals surface area (Å²) in [7, 11) is 0. The number of carboxylic acid groups (broad SMARTS) is 1. The number of anilines is 2. The molecule has 0 saturated heterocycles. The maximum atomic E-state index is 13.0. The molecule has 0 amide bonds. The number of benzene rings is 1. The van der Waals surface area contributed by atoms with Gasteiger partial charge in [-0.05, 0) is 18.2 Å². The molecule has 1 heterocycles. The maximum absolute atomic E-state index is 13.0. The smallest absolute Gasteiger partial charge is 0.434 e. The molecule has 21 heavy (non-hydrogen) atoms. The third kappa shape index (κ3) is 3.44. The summed E-state index contributed by atoms with van der Waals surface area (Å²) >= 11 is 0. The number of halogens is 4. The number of alkyl halides is 3. The lowest BCUT2D eigenvalue weighted by atomic mass is 10.2. The van der Waals surface area contributed by atoms with Crippen molar-refractivity contribution in [2.24, 2.45) is 0 Å². The molecular formula is C12H6F4N3O2-. The van der Waals surface area contributed by atoms with Crippen LogP contribution in [0.15, 0.2) is 30.5 Å². The van der Waals surface area contributed by atoms with Gasteiger partial charge in [0.1, 0.15) is 5.82 Å². The summed E-state index contributed by atoms with van der Waals surface area (Å²) in [6, 6.07) is 4.87. The Kier molecular flexibility index (Phi) is 3.74. The SMILES string of the molecule is O=C([O-])c1cnc(Nc2cccc(F)c2)nc1C(F)(F)F. The van der Waals surface area contributed by atoms with Gasteiger partial charge >= 0.3 is 6.18 Å². The Morgan fingerprint density at radius 1 is 1.29 bits per heavy atom. The van der Waals surface area contributed by atoms with E-state index in [1.165, 1.54) is 12.1 Å². The van der Waals surface area contributed by atoms with Crippen LogP contribution in [-0.2, 0) is 6.18 Å². The number of nitrogens with one attached hydrogen (secondary N) is 1. The summed E-state index contributed by atoms with van der Waals surface area (Å²) < 4.78 is 51.1. The maximum Gasteiger partial charge on any atom is 0.434 e. The van der Waals surface area contributed by atoms with E-state index in [1.807, 2.05) is 0 Å². The van der Waals surface area contributed by atoms with Crippen LogP contribution >= 0.6 is 0 Å². The van der Waals surface area contributed by atoms with Crippen molar-refractivity contribution >= 4 is 17.6 Å². The van der Waals surface area contributed by atoms with Crippen molar-refractivity contribution in [3.05, 3.63) is 47.5 Å². The molecule has 2 aromatic rings. The second kappa shape index (κ2) is 5.35. The Labute approximate surface area is 115 Å². The van der Waals surface area contributed by atoms with Crippen molar-refractivity contribution in [3.8, 4) is 0 Å². The fourth-order valence-corrected chi connectivity index (χ4v) is 1.50. The largest absolute Gasteiger partial charge is 0.545 e. The molecule has 0 aliphatic rings. The van der Waals surface area contributed by atoms with Gasteiger partial charge in [0.25, 0.3) is 0 Å². The standard InChI is InChI=1S/C12H7F4N3O2/c13-6-2-1-3-7(4-6)18-11-17-5-8(10(20)21)9(19-11)12(14,15)16/h1-5H,(H,20,21)(H,17,18,19)/p-1. The molecule has 1 N–H and O–H groups in total. The highest BCUT2D eigenvalue weighted by molar-refractivity contribution is 5.87. The van der Waals surface area contributed by atoms with Crippen molar-refractivity contribution in [3.63, 3.8) is 0 Å². The van der Waals surface area contributed by atoms with Gasteiger partial charge in [-0.2, -0.15) is 13.2 Å². The van der Waals surface area contributed by atoms with Crippen LogP contribution < -0.4 is 10.4 Å². The van der Waals surface area contributed by atoms with Gasteiger partial charge in [-0.25, -0.2) is 14.4 Å². The average Bonchev–Trinajstić information content (AvgIpc) is 2.37. The van der Waals surface area contributed by atoms with Crippen molar-refractivity contribution in [1.29, 1.82) is 0 Å². The third-order valence-electron chi connectivity index (χ3n) is 2.36. The van der Waals surface area contributed by atoms with Crippen LogP contribution in [0.3, 0.4) is 0 Å². The van der Waals surface area contributed by atoms with Crippen molar-refractivity contribution < 1.29 is 27.5 Å². The first-order chi connectivity index (χ1) is 9.77. The van der Waals surface area contributed by atoms with E-state index in [1.54, 1.807) is 0 Å². The number of aromatic carboxylic acids is 1. The summed E-state index contributed by atoms with van der Waals surface area (Å²) in [6.07, 6.45) is -4.51. The second-order valence-corrected chi connectivity index (χ2v) is 3.88. The third-order valence-corrected chi connectivity index (χ3v) is 2.36. The summed E-state index contributed by atoms with van der Waals surface area (Å²) in [4.78, 5) is 17.2. The quantitative estimate of drug-likeness (QED) is 0.874. The highest BCUT2D eigenvalue weighted by Gasteiger charge is 2.36. The Balaban J connectivity index is 2.40. The van der Waals surface area contributed by atoms with E-state index in [9.17, 15) is 27.5 Å². The second-order valence-electron chi connectivity index (χ2n) is 3.88. The zero-order valence-electron chi connectivity index (χ0n) is 10.1. The number of carbonyl (C=O) groups excluding carboxylic acids is 1. The molecule has 0 fully saturated rings. The summed E-state index contributed by atoms with van der Waals surface area (Å²) in [5.41, 5.74) is -2.70. The minimum Gasteiger partial charge on any atom is -0.545 e.